The van der Waals surface area contributed by atoms with E-state index < -0.39 is 20.9 Å². The van der Waals surface area contributed by atoms with Crippen LogP contribution in [0.25, 0.3) is 0 Å². The van der Waals surface area contributed by atoms with E-state index in [0.29, 0.717) is 17.0 Å². The van der Waals surface area contributed by atoms with Crippen LogP contribution in [0.1, 0.15) is 21.7 Å². The summed E-state index contributed by atoms with van der Waals surface area (Å²) in [5.74, 6) is 0.0467. The Bertz CT molecular complexity index is 1190. The number of nitro groups is 1. The van der Waals surface area contributed by atoms with E-state index in [2.05, 4.69) is 15.2 Å². The number of nitrogens with one attached hydrogen (secondary N) is 2. The van der Waals surface area contributed by atoms with Gasteiger partial charge in [-0.05, 0) is 50.2 Å². The molecule has 11 heteroatoms. The molecule has 10 nitrogen and oxygen atoms in total. The van der Waals surface area contributed by atoms with E-state index in [0.717, 1.165) is 0 Å². The van der Waals surface area contributed by atoms with Gasteiger partial charge in [-0.3, -0.25) is 19.6 Å². The van der Waals surface area contributed by atoms with Crippen LogP contribution in [0.5, 0.6) is 0 Å². The first-order valence-electron chi connectivity index (χ1n) is 8.28. The first-order valence-corrected chi connectivity index (χ1v) is 9.76. The molecular weight excluding hydrogens is 400 g/mol. The number of hydrogen-bond donors (Lipinski definition) is 2. The molecule has 150 valence electrons. The Morgan fingerprint density at radius 2 is 1.79 bits per heavy atom. The average molecular weight is 416 g/mol. The number of aromatic nitrogens is 1. The summed E-state index contributed by atoms with van der Waals surface area (Å²) in [5, 5.41) is 17.1. The van der Waals surface area contributed by atoms with Crippen molar-refractivity contribution in [2.24, 2.45) is 0 Å². The van der Waals surface area contributed by atoms with E-state index in [-0.39, 0.29) is 22.0 Å². The van der Waals surface area contributed by atoms with Crippen LogP contribution in [-0.4, -0.2) is 24.4 Å². The first kappa shape index (κ1) is 20.0. The van der Waals surface area contributed by atoms with Gasteiger partial charge in [-0.25, -0.2) is 8.42 Å². The molecule has 0 bridgehead atoms. The summed E-state index contributed by atoms with van der Waals surface area (Å²) >= 11 is 0. The first-order chi connectivity index (χ1) is 13.7. The lowest BCUT2D eigenvalue weighted by Crippen LogP contribution is -2.14. The predicted molar refractivity (Wildman–Crippen MR) is 104 cm³/mol. The molecule has 0 saturated heterocycles. The van der Waals surface area contributed by atoms with Crippen molar-refractivity contribution >= 4 is 33.1 Å². The topological polar surface area (TPSA) is 144 Å². The molecular formula is C18H16N4O6S. The summed E-state index contributed by atoms with van der Waals surface area (Å²) < 4.78 is 31.8. The summed E-state index contributed by atoms with van der Waals surface area (Å²) in [6.45, 7) is 3.17. The van der Waals surface area contributed by atoms with Crippen molar-refractivity contribution < 1.29 is 22.7 Å². The van der Waals surface area contributed by atoms with Crippen molar-refractivity contribution in [3.05, 3.63) is 75.5 Å². The van der Waals surface area contributed by atoms with Gasteiger partial charge in [-0.15, -0.1) is 0 Å². The molecule has 0 fully saturated rings. The lowest BCUT2D eigenvalue weighted by Gasteiger charge is -2.08. The highest BCUT2D eigenvalue weighted by molar-refractivity contribution is 7.92. The van der Waals surface area contributed by atoms with Crippen molar-refractivity contribution in [3.63, 3.8) is 0 Å². The highest BCUT2D eigenvalue weighted by atomic mass is 32.2. The van der Waals surface area contributed by atoms with Crippen molar-refractivity contribution in [3.8, 4) is 0 Å². The van der Waals surface area contributed by atoms with Crippen molar-refractivity contribution in [1.29, 1.82) is 0 Å². The van der Waals surface area contributed by atoms with Gasteiger partial charge in [0.05, 0.1) is 9.82 Å². The van der Waals surface area contributed by atoms with Crippen LogP contribution in [0.15, 0.2) is 57.9 Å². The van der Waals surface area contributed by atoms with E-state index in [1.807, 2.05) is 0 Å². The third-order valence-corrected chi connectivity index (χ3v) is 5.32. The third-order valence-electron chi connectivity index (χ3n) is 3.95. The van der Waals surface area contributed by atoms with Gasteiger partial charge in [0, 0.05) is 28.9 Å². The summed E-state index contributed by atoms with van der Waals surface area (Å²) in [6, 6.07) is 11.0. The largest absolute Gasteiger partial charge is 0.360 e. The maximum absolute atomic E-state index is 12.4. The predicted octanol–water partition coefficient (Wildman–Crippen LogP) is 3.25. The second kappa shape index (κ2) is 7.72. The molecule has 0 saturated carbocycles. The number of anilines is 2. The summed E-state index contributed by atoms with van der Waals surface area (Å²) in [4.78, 5) is 22.7. The second-order valence-electron chi connectivity index (χ2n) is 6.17. The third kappa shape index (κ3) is 4.58. The fourth-order valence-corrected chi connectivity index (χ4v) is 3.52. The maximum atomic E-state index is 12.4. The van der Waals surface area contributed by atoms with Crippen molar-refractivity contribution in [2.75, 3.05) is 10.0 Å². The number of nitrogens with zero attached hydrogens (tertiary/aromatic N) is 2. The standard InChI is InChI=1S/C18H16N4O6S/c1-11-9-13(3-8-16(11)22(24)25)18(23)19-14-4-6-15(7-5-14)29(26,27)21-17-10-12(2)28-20-17/h3-10H,1-2H3,(H,19,23)(H,20,21). The zero-order chi connectivity index (χ0) is 21.2. The van der Waals surface area contributed by atoms with Gasteiger partial charge in [0.15, 0.2) is 5.82 Å². The molecule has 0 aliphatic rings. The number of benzene rings is 2. The fourth-order valence-electron chi connectivity index (χ4n) is 2.53. The smallest absolute Gasteiger partial charge is 0.272 e. The second-order valence-corrected chi connectivity index (χ2v) is 7.85. The lowest BCUT2D eigenvalue weighted by atomic mass is 10.1. The van der Waals surface area contributed by atoms with Crippen LogP contribution in [-0.2, 0) is 10.0 Å². The number of nitro benzene ring substituents is 1. The summed E-state index contributed by atoms with van der Waals surface area (Å²) in [5.41, 5.74) is 0.888. The molecule has 0 radical (unpaired) electrons. The average Bonchev–Trinajstić information content (AvgIpc) is 3.05. The number of rotatable bonds is 6. The van der Waals surface area contributed by atoms with Gasteiger partial charge in [0.25, 0.3) is 21.6 Å². The van der Waals surface area contributed by atoms with Gasteiger partial charge < -0.3 is 9.84 Å². The zero-order valence-corrected chi connectivity index (χ0v) is 16.2. The molecule has 0 spiro atoms. The Kier molecular flexibility index (Phi) is 5.33. The molecule has 2 N–H and O–H groups in total. The van der Waals surface area contributed by atoms with Crippen molar-refractivity contribution in [2.45, 2.75) is 18.7 Å². The number of carbonyl (C=O) groups is 1. The normalized spacial score (nSPS) is 11.1. The number of aryl methyl sites for hydroxylation is 2. The SMILES string of the molecule is Cc1cc(NS(=O)(=O)c2ccc(NC(=O)c3ccc([N+](=O)[O-])c(C)c3)cc2)no1. The number of amides is 1. The van der Waals surface area contributed by atoms with Crippen LogP contribution in [0.2, 0.25) is 0 Å². The Labute approximate surface area is 165 Å². The Hall–Kier alpha value is -3.73. The van der Waals surface area contributed by atoms with Crippen LogP contribution in [0.4, 0.5) is 17.2 Å². The van der Waals surface area contributed by atoms with Gasteiger partial charge in [-0.1, -0.05) is 5.16 Å². The van der Waals surface area contributed by atoms with E-state index in [1.165, 1.54) is 55.5 Å². The van der Waals surface area contributed by atoms with Gasteiger partial charge in [-0.2, -0.15) is 0 Å². The zero-order valence-electron chi connectivity index (χ0n) is 15.4. The monoisotopic (exact) mass is 416 g/mol. The highest BCUT2D eigenvalue weighted by Crippen LogP contribution is 2.21. The molecule has 1 aromatic heterocycles. The molecule has 29 heavy (non-hydrogen) atoms. The van der Waals surface area contributed by atoms with Crippen LogP contribution in [0, 0.1) is 24.0 Å². The number of carbonyl (C=O) groups excluding carboxylic acids is 1. The minimum Gasteiger partial charge on any atom is -0.360 e. The van der Waals surface area contributed by atoms with Crippen LogP contribution < -0.4 is 10.0 Å². The molecule has 0 aliphatic heterocycles. The molecule has 1 amide bonds. The quantitative estimate of drug-likeness (QED) is 0.463. The molecule has 1 heterocycles. The molecule has 3 rings (SSSR count). The summed E-state index contributed by atoms with van der Waals surface area (Å²) in [7, 11) is -3.86. The van der Waals surface area contributed by atoms with E-state index in [9.17, 15) is 23.3 Å². The van der Waals surface area contributed by atoms with E-state index in [1.54, 1.807) is 6.92 Å². The molecule has 2 aromatic carbocycles. The number of hydrogen-bond acceptors (Lipinski definition) is 7. The Morgan fingerprint density at radius 1 is 1.10 bits per heavy atom. The van der Waals surface area contributed by atoms with Crippen molar-refractivity contribution in [1.82, 2.24) is 5.16 Å². The van der Waals surface area contributed by atoms with Crippen LogP contribution in [0.3, 0.4) is 0 Å². The number of sulfonamides is 1. The Morgan fingerprint density at radius 3 is 2.34 bits per heavy atom. The lowest BCUT2D eigenvalue weighted by molar-refractivity contribution is -0.385. The minimum absolute atomic E-state index is 0.0256. The van der Waals surface area contributed by atoms with E-state index in [4.69, 9.17) is 4.52 Å². The highest BCUT2D eigenvalue weighted by Gasteiger charge is 2.17. The Balaban J connectivity index is 1.72. The van der Waals surface area contributed by atoms with Crippen LogP contribution >= 0.6 is 0 Å². The summed E-state index contributed by atoms with van der Waals surface area (Å²) in [6.07, 6.45) is 0. The molecule has 0 atom stereocenters. The van der Waals surface area contributed by atoms with E-state index >= 15 is 0 Å². The minimum atomic E-state index is -3.86. The van der Waals surface area contributed by atoms with Gasteiger partial charge in [0.1, 0.15) is 5.76 Å². The molecule has 3 aromatic rings. The van der Waals surface area contributed by atoms with Gasteiger partial charge in [0.2, 0.25) is 0 Å². The molecule has 0 unspecified atom stereocenters. The van der Waals surface area contributed by atoms with Gasteiger partial charge >= 0.3 is 0 Å². The fraction of sp³-hybridized carbons (Fsp3) is 0.111. The maximum Gasteiger partial charge on any atom is 0.272 e. The molecule has 0 aliphatic carbocycles.